The van der Waals surface area contributed by atoms with Crippen molar-refractivity contribution < 1.29 is 43.3 Å². The highest BCUT2D eigenvalue weighted by Gasteiger charge is 2.39. The second-order valence-electron chi connectivity index (χ2n) is 17.0. The molecule has 3 amide bonds. The Bertz CT molecular complexity index is 1630. The van der Waals surface area contributed by atoms with Crippen molar-refractivity contribution in [2.24, 2.45) is 17.8 Å². The molecule has 0 radical (unpaired) electrons. The van der Waals surface area contributed by atoms with Crippen molar-refractivity contribution in [1.82, 2.24) is 15.5 Å². The van der Waals surface area contributed by atoms with Gasteiger partial charge in [0.25, 0.3) is 0 Å². The van der Waals surface area contributed by atoms with Gasteiger partial charge in [0.1, 0.15) is 23.0 Å². The van der Waals surface area contributed by atoms with Crippen LogP contribution in [0.2, 0.25) is 0 Å². The van der Waals surface area contributed by atoms with E-state index < -0.39 is 59.2 Å². The fraction of sp³-hybridized carbons (Fsp3) is 0.581. The van der Waals surface area contributed by atoms with Crippen LogP contribution in [0.3, 0.4) is 0 Å². The van der Waals surface area contributed by atoms with E-state index in [0.717, 1.165) is 16.7 Å². The first kappa shape index (κ1) is 44.7. The topological polar surface area (TPSA) is 168 Å². The number of aliphatic carboxylic acids is 1. The molecule has 12 heteroatoms. The molecule has 0 aromatic heterocycles. The second kappa shape index (κ2) is 20.3. The molecular formula is C43H61N3O9. The SMILES string of the molecule is CC(C)C[C@@H](CC(=O)[C@H](CC(=O)[C@H]1Cc2ccccc2CN1C(=O)OC(C)(C)C)Cc1ccccc1)C(=O)N[C@H](CCCCNC(=O)OC(C)(C)C)C(=O)O. The summed E-state index contributed by atoms with van der Waals surface area (Å²) >= 11 is 0. The van der Waals surface area contributed by atoms with E-state index >= 15 is 0 Å². The summed E-state index contributed by atoms with van der Waals surface area (Å²) in [6, 6.07) is 15.0. The molecule has 2 aromatic rings. The van der Waals surface area contributed by atoms with Gasteiger partial charge in [-0.3, -0.25) is 19.3 Å². The number of carbonyl (C=O) groups excluding carboxylic acids is 5. The van der Waals surface area contributed by atoms with Gasteiger partial charge in [0.05, 0.1) is 12.6 Å². The van der Waals surface area contributed by atoms with Crippen molar-refractivity contribution >= 4 is 35.6 Å². The summed E-state index contributed by atoms with van der Waals surface area (Å²) in [5, 5.41) is 15.3. The highest BCUT2D eigenvalue weighted by molar-refractivity contribution is 5.95. The number of carboxylic acids is 1. The smallest absolute Gasteiger partial charge is 0.411 e. The Morgan fingerprint density at radius 1 is 0.818 bits per heavy atom. The maximum atomic E-state index is 14.3. The first-order chi connectivity index (χ1) is 25.7. The zero-order chi connectivity index (χ0) is 40.9. The molecule has 302 valence electrons. The number of Topliss-reactive ketones (excluding diaryl/α,β-unsaturated/α-hetero) is 2. The molecule has 12 nitrogen and oxygen atoms in total. The van der Waals surface area contributed by atoms with Crippen LogP contribution in [0.15, 0.2) is 54.6 Å². The van der Waals surface area contributed by atoms with Crippen molar-refractivity contribution in [3.8, 4) is 0 Å². The van der Waals surface area contributed by atoms with Gasteiger partial charge in [0.2, 0.25) is 5.91 Å². The highest BCUT2D eigenvalue weighted by atomic mass is 16.6. The molecule has 2 aromatic carbocycles. The number of hydrogen-bond acceptors (Lipinski definition) is 8. The molecular weight excluding hydrogens is 702 g/mol. The number of carboxylic acid groups (broad SMARTS) is 1. The monoisotopic (exact) mass is 763 g/mol. The number of nitrogens with zero attached hydrogens (tertiary/aromatic N) is 1. The van der Waals surface area contributed by atoms with E-state index in [9.17, 15) is 33.9 Å². The Hall–Kier alpha value is -4.74. The van der Waals surface area contributed by atoms with Gasteiger partial charge in [0, 0.05) is 37.6 Å². The molecule has 3 N–H and O–H groups in total. The second-order valence-corrected chi connectivity index (χ2v) is 17.0. The van der Waals surface area contributed by atoms with Gasteiger partial charge in [-0.15, -0.1) is 0 Å². The lowest BCUT2D eigenvalue weighted by molar-refractivity contribution is -0.143. The van der Waals surface area contributed by atoms with Crippen molar-refractivity contribution in [2.45, 2.75) is 137 Å². The number of ketones is 2. The third-order valence-electron chi connectivity index (χ3n) is 9.25. The van der Waals surface area contributed by atoms with E-state index in [4.69, 9.17) is 9.47 Å². The number of nitrogens with one attached hydrogen (secondary N) is 2. The number of amides is 3. The molecule has 1 aliphatic rings. The van der Waals surface area contributed by atoms with E-state index in [-0.39, 0.29) is 62.7 Å². The summed E-state index contributed by atoms with van der Waals surface area (Å²) in [5.41, 5.74) is 1.31. The van der Waals surface area contributed by atoms with Crippen molar-refractivity contribution in [1.29, 1.82) is 0 Å². The Morgan fingerprint density at radius 2 is 1.44 bits per heavy atom. The maximum Gasteiger partial charge on any atom is 0.411 e. The standard InChI is InChI=1S/C43H61N3O9/c1-28(2)22-33(38(49)45-34(39(50)51)20-14-15-21-44-40(52)54-42(3,4)5)26-36(47)32(23-29-16-10-9-11-17-29)25-37(48)35-24-30-18-12-13-19-31(30)27-46(35)41(53)55-43(6,7)8/h9-13,16-19,28,32-35H,14-15,20-27H2,1-8H3,(H,44,52)(H,45,49)(H,50,51)/t32-,33-,34+,35+/m0/s1. The first-order valence-corrected chi connectivity index (χ1v) is 19.4. The number of carbonyl (C=O) groups is 6. The average Bonchev–Trinajstić information content (AvgIpc) is 3.08. The predicted molar refractivity (Wildman–Crippen MR) is 209 cm³/mol. The number of ether oxygens (including phenoxy) is 2. The number of rotatable bonds is 18. The third kappa shape index (κ3) is 15.5. The van der Waals surface area contributed by atoms with Crippen LogP contribution >= 0.6 is 0 Å². The van der Waals surface area contributed by atoms with E-state index in [0.29, 0.717) is 19.3 Å². The van der Waals surface area contributed by atoms with Crippen LogP contribution in [0.25, 0.3) is 0 Å². The number of hydrogen-bond donors (Lipinski definition) is 3. The summed E-state index contributed by atoms with van der Waals surface area (Å²) in [6.45, 7) is 14.9. The number of fused-ring (bicyclic) bond motifs is 1. The summed E-state index contributed by atoms with van der Waals surface area (Å²) < 4.78 is 10.9. The third-order valence-corrected chi connectivity index (χ3v) is 9.25. The Labute approximate surface area is 326 Å². The number of benzene rings is 2. The van der Waals surface area contributed by atoms with Crippen LogP contribution in [0.1, 0.15) is 111 Å². The average molecular weight is 764 g/mol. The minimum absolute atomic E-state index is 0.0182. The van der Waals surface area contributed by atoms with Crippen molar-refractivity contribution in [2.75, 3.05) is 6.54 Å². The molecule has 0 fully saturated rings. The molecule has 55 heavy (non-hydrogen) atoms. The molecule has 4 atom stereocenters. The van der Waals surface area contributed by atoms with Gasteiger partial charge < -0.3 is 25.2 Å². The zero-order valence-electron chi connectivity index (χ0n) is 33.8. The van der Waals surface area contributed by atoms with Gasteiger partial charge in [-0.2, -0.15) is 0 Å². The lowest BCUT2D eigenvalue weighted by atomic mass is 9.81. The molecule has 1 heterocycles. The molecule has 0 saturated carbocycles. The number of alkyl carbamates (subject to hydrolysis) is 1. The van der Waals surface area contributed by atoms with Gasteiger partial charge in [0.15, 0.2) is 5.78 Å². The molecule has 1 aliphatic heterocycles. The first-order valence-electron chi connectivity index (χ1n) is 19.4. The molecule has 3 rings (SSSR count). The maximum absolute atomic E-state index is 14.3. The molecule has 0 aliphatic carbocycles. The molecule has 0 bridgehead atoms. The van der Waals surface area contributed by atoms with Crippen molar-refractivity contribution in [3.63, 3.8) is 0 Å². The van der Waals surface area contributed by atoms with Crippen LogP contribution in [0.5, 0.6) is 0 Å². The minimum atomic E-state index is -1.20. The van der Waals surface area contributed by atoms with Crippen LogP contribution in [0.4, 0.5) is 9.59 Å². The predicted octanol–water partition coefficient (Wildman–Crippen LogP) is 7.05. The Kier molecular flexibility index (Phi) is 16.4. The molecule has 0 spiro atoms. The van der Waals surface area contributed by atoms with Crippen molar-refractivity contribution in [3.05, 3.63) is 71.3 Å². The summed E-state index contributed by atoms with van der Waals surface area (Å²) in [5.74, 6) is -3.88. The van der Waals surface area contributed by atoms with E-state index in [1.165, 1.54) is 4.90 Å². The molecule has 0 saturated heterocycles. The summed E-state index contributed by atoms with van der Waals surface area (Å²) in [6.07, 6.45) is 0.396. The lowest BCUT2D eigenvalue weighted by Crippen LogP contribution is -2.50. The summed E-state index contributed by atoms with van der Waals surface area (Å²) in [4.78, 5) is 81.3. The zero-order valence-corrected chi connectivity index (χ0v) is 33.8. The summed E-state index contributed by atoms with van der Waals surface area (Å²) in [7, 11) is 0. The largest absolute Gasteiger partial charge is 0.480 e. The lowest BCUT2D eigenvalue weighted by Gasteiger charge is -2.37. The van der Waals surface area contributed by atoms with Crippen LogP contribution in [0, 0.1) is 17.8 Å². The van der Waals surface area contributed by atoms with Crippen LogP contribution in [-0.2, 0) is 48.0 Å². The quantitative estimate of drug-likeness (QED) is 0.135. The van der Waals surface area contributed by atoms with E-state index in [2.05, 4.69) is 10.6 Å². The number of unbranched alkanes of at least 4 members (excludes halogenated alkanes) is 1. The Morgan fingerprint density at radius 3 is 2.04 bits per heavy atom. The molecule has 0 unspecified atom stereocenters. The van der Waals surface area contributed by atoms with Gasteiger partial charge in [-0.05, 0) is 96.3 Å². The van der Waals surface area contributed by atoms with E-state index in [1.807, 2.05) is 68.4 Å². The minimum Gasteiger partial charge on any atom is -0.480 e. The fourth-order valence-electron chi connectivity index (χ4n) is 6.69. The van der Waals surface area contributed by atoms with Gasteiger partial charge in [-0.25, -0.2) is 14.4 Å². The fourth-order valence-corrected chi connectivity index (χ4v) is 6.69. The van der Waals surface area contributed by atoms with Gasteiger partial charge in [-0.1, -0.05) is 68.4 Å². The van der Waals surface area contributed by atoms with Crippen LogP contribution < -0.4 is 10.6 Å². The normalized spacial score (nSPS) is 15.9. The highest BCUT2D eigenvalue weighted by Crippen LogP contribution is 2.29. The Balaban J connectivity index is 1.77. The van der Waals surface area contributed by atoms with Gasteiger partial charge >= 0.3 is 18.2 Å². The van der Waals surface area contributed by atoms with Crippen LogP contribution in [-0.4, -0.2) is 75.5 Å². The van der Waals surface area contributed by atoms with E-state index in [1.54, 1.807) is 41.5 Å².